The second-order valence-electron chi connectivity index (χ2n) is 5.75. The molecular formula is C15H22ClN3O2. The molecule has 2 heterocycles. The van der Waals surface area contributed by atoms with Crippen molar-refractivity contribution in [2.75, 3.05) is 46.4 Å². The van der Waals surface area contributed by atoms with Crippen molar-refractivity contribution in [3.8, 4) is 11.5 Å². The van der Waals surface area contributed by atoms with Crippen LogP contribution in [0.25, 0.3) is 0 Å². The van der Waals surface area contributed by atoms with Gasteiger partial charge in [0.1, 0.15) is 0 Å². The van der Waals surface area contributed by atoms with Gasteiger partial charge in [0.25, 0.3) is 0 Å². The fourth-order valence-corrected chi connectivity index (χ4v) is 3.33. The Morgan fingerprint density at radius 2 is 2.05 bits per heavy atom. The monoisotopic (exact) mass is 311 g/mol. The number of hydrogen-bond acceptors (Lipinski definition) is 5. The Morgan fingerprint density at radius 3 is 2.71 bits per heavy atom. The van der Waals surface area contributed by atoms with Gasteiger partial charge in [-0.05, 0) is 6.07 Å². The maximum atomic E-state index is 10.2. The maximum absolute atomic E-state index is 10.2. The molecule has 5 nitrogen and oxygen atoms in total. The molecule has 0 aromatic heterocycles. The van der Waals surface area contributed by atoms with Crippen LogP contribution in [0.1, 0.15) is 5.56 Å². The first-order valence-corrected chi connectivity index (χ1v) is 7.77. The molecule has 21 heavy (non-hydrogen) atoms. The van der Waals surface area contributed by atoms with E-state index >= 15 is 0 Å². The molecule has 6 heteroatoms. The Morgan fingerprint density at radius 1 is 1.33 bits per heavy atom. The van der Waals surface area contributed by atoms with Crippen LogP contribution in [0.4, 0.5) is 0 Å². The molecule has 2 saturated heterocycles. The predicted molar refractivity (Wildman–Crippen MR) is 83.2 cm³/mol. The molecule has 2 fully saturated rings. The number of methoxy groups -OCH3 is 1. The average molecular weight is 312 g/mol. The lowest BCUT2D eigenvalue weighted by molar-refractivity contribution is 0.0219. The first kappa shape index (κ1) is 14.9. The minimum Gasteiger partial charge on any atom is -0.504 e. The number of likely N-dealkylation sites (tertiary alicyclic amines) is 1. The summed E-state index contributed by atoms with van der Waals surface area (Å²) in [6.45, 7) is 7.25. The fourth-order valence-electron chi connectivity index (χ4n) is 3.10. The van der Waals surface area contributed by atoms with Gasteiger partial charge in [0.15, 0.2) is 11.5 Å². The standard InChI is InChI=1S/C15H22ClN3O2/c1-21-14-7-12(16)6-11(15(14)20)8-18-9-13(10-18)19-4-2-17-3-5-19/h6-7,13,17,20H,2-5,8-10H2,1H3. The number of ether oxygens (including phenoxy) is 1. The van der Waals surface area contributed by atoms with Crippen LogP contribution < -0.4 is 10.1 Å². The van der Waals surface area contributed by atoms with E-state index in [0.29, 0.717) is 23.4 Å². The van der Waals surface area contributed by atoms with Crippen LogP contribution in [0, 0.1) is 0 Å². The van der Waals surface area contributed by atoms with E-state index < -0.39 is 0 Å². The van der Waals surface area contributed by atoms with Crippen molar-refractivity contribution in [3.05, 3.63) is 22.7 Å². The lowest BCUT2D eigenvalue weighted by Gasteiger charge is -2.47. The summed E-state index contributed by atoms with van der Waals surface area (Å²) < 4.78 is 5.15. The third-order valence-corrected chi connectivity index (χ3v) is 4.56. The molecule has 0 radical (unpaired) electrons. The van der Waals surface area contributed by atoms with Gasteiger partial charge in [-0.3, -0.25) is 9.80 Å². The van der Waals surface area contributed by atoms with Crippen LogP contribution >= 0.6 is 11.6 Å². The zero-order valence-corrected chi connectivity index (χ0v) is 13.1. The van der Waals surface area contributed by atoms with Crippen LogP contribution in [0.5, 0.6) is 11.5 Å². The Balaban J connectivity index is 1.58. The first-order valence-electron chi connectivity index (χ1n) is 7.40. The summed E-state index contributed by atoms with van der Waals surface area (Å²) in [7, 11) is 1.54. The van der Waals surface area contributed by atoms with Crippen LogP contribution in [-0.4, -0.2) is 67.3 Å². The molecule has 0 atom stereocenters. The van der Waals surface area contributed by atoms with E-state index in [2.05, 4.69) is 15.1 Å². The summed E-state index contributed by atoms with van der Waals surface area (Å²) >= 11 is 6.07. The lowest BCUT2D eigenvalue weighted by Crippen LogP contribution is -2.62. The molecule has 0 saturated carbocycles. The van der Waals surface area contributed by atoms with Crippen molar-refractivity contribution in [3.63, 3.8) is 0 Å². The molecule has 2 N–H and O–H groups in total. The van der Waals surface area contributed by atoms with E-state index in [1.54, 1.807) is 13.2 Å². The van der Waals surface area contributed by atoms with Crippen molar-refractivity contribution < 1.29 is 9.84 Å². The van der Waals surface area contributed by atoms with Gasteiger partial charge in [-0.1, -0.05) is 11.6 Å². The number of nitrogens with zero attached hydrogens (tertiary/aromatic N) is 2. The van der Waals surface area contributed by atoms with E-state index in [4.69, 9.17) is 16.3 Å². The minimum atomic E-state index is 0.201. The van der Waals surface area contributed by atoms with E-state index in [-0.39, 0.29) is 5.75 Å². The highest BCUT2D eigenvalue weighted by Crippen LogP contribution is 2.35. The van der Waals surface area contributed by atoms with Crippen LogP contribution in [0.3, 0.4) is 0 Å². The molecular weight excluding hydrogens is 290 g/mol. The zero-order chi connectivity index (χ0) is 14.8. The number of phenols is 1. The zero-order valence-electron chi connectivity index (χ0n) is 12.3. The number of piperazine rings is 1. The van der Waals surface area contributed by atoms with Gasteiger partial charge < -0.3 is 15.2 Å². The van der Waals surface area contributed by atoms with Crippen LogP contribution in [-0.2, 0) is 6.54 Å². The van der Waals surface area contributed by atoms with E-state index in [9.17, 15) is 5.11 Å². The summed E-state index contributed by atoms with van der Waals surface area (Å²) in [6.07, 6.45) is 0. The smallest absolute Gasteiger partial charge is 0.162 e. The second-order valence-corrected chi connectivity index (χ2v) is 6.19. The molecule has 0 aliphatic carbocycles. The van der Waals surface area contributed by atoms with E-state index in [1.165, 1.54) is 0 Å². The number of benzene rings is 1. The van der Waals surface area contributed by atoms with Crippen molar-refractivity contribution in [2.45, 2.75) is 12.6 Å². The number of rotatable bonds is 4. The number of aromatic hydroxyl groups is 1. The lowest BCUT2D eigenvalue weighted by atomic mass is 10.0. The van der Waals surface area contributed by atoms with Gasteiger partial charge in [-0.2, -0.15) is 0 Å². The third-order valence-electron chi connectivity index (χ3n) is 4.34. The quantitative estimate of drug-likeness (QED) is 0.873. The van der Waals surface area contributed by atoms with Crippen LogP contribution in [0.15, 0.2) is 12.1 Å². The number of hydrogen-bond donors (Lipinski definition) is 2. The van der Waals surface area contributed by atoms with Crippen molar-refractivity contribution in [1.29, 1.82) is 0 Å². The van der Waals surface area contributed by atoms with Gasteiger partial charge in [-0.15, -0.1) is 0 Å². The second kappa shape index (κ2) is 6.40. The Hall–Kier alpha value is -1.01. The average Bonchev–Trinajstić information content (AvgIpc) is 2.46. The Bertz CT molecular complexity index is 500. The highest BCUT2D eigenvalue weighted by molar-refractivity contribution is 6.30. The molecule has 0 bridgehead atoms. The minimum absolute atomic E-state index is 0.201. The SMILES string of the molecule is COc1cc(Cl)cc(CN2CC(N3CCNCC3)C2)c1O. The van der Waals surface area contributed by atoms with Gasteiger partial charge in [0, 0.05) is 68.5 Å². The number of halogens is 1. The van der Waals surface area contributed by atoms with Gasteiger partial charge in [0.2, 0.25) is 0 Å². The molecule has 2 aliphatic rings. The summed E-state index contributed by atoms with van der Waals surface area (Å²) in [5.41, 5.74) is 0.832. The molecule has 3 rings (SSSR count). The van der Waals surface area contributed by atoms with Crippen molar-refractivity contribution in [1.82, 2.24) is 15.1 Å². The van der Waals surface area contributed by atoms with E-state index in [0.717, 1.165) is 44.8 Å². The molecule has 0 spiro atoms. The number of nitrogens with one attached hydrogen (secondary N) is 1. The third kappa shape index (κ3) is 3.26. The molecule has 2 aliphatic heterocycles. The fraction of sp³-hybridized carbons (Fsp3) is 0.600. The van der Waals surface area contributed by atoms with Crippen molar-refractivity contribution >= 4 is 11.6 Å². The normalized spacial score (nSPS) is 21.2. The largest absolute Gasteiger partial charge is 0.504 e. The topological polar surface area (TPSA) is 48.0 Å². The highest BCUT2D eigenvalue weighted by atomic mass is 35.5. The van der Waals surface area contributed by atoms with Gasteiger partial charge >= 0.3 is 0 Å². The van der Waals surface area contributed by atoms with Crippen molar-refractivity contribution in [2.24, 2.45) is 0 Å². The Labute approximate surface area is 130 Å². The predicted octanol–water partition coefficient (Wildman–Crippen LogP) is 1.14. The van der Waals surface area contributed by atoms with Crippen LogP contribution in [0.2, 0.25) is 5.02 Å². The summed E-state index contributed by atoms with van der Waals surface area (Å²) in [4.78, 5) is 4.88. The summed E-state index contributed by atoms with van der Waals surface area (Å²) in [5.74, 6) is 0.643. The highest BCUT2D eigenvalue weighted by Gasteiger charge is 2.32. The van der Waals surface area contributed by atoms with Gasteiger partial charge in [-0.25, -0.2) is 0 Å². The first-order chi connectivity index (χ1) is 10.2. The maximum Gasteiger partial charge on any atom is 0.162 e. The number of phenolic OH excluding ortho intramolecular Hbond substituents is 1. The summed E-state index contributed by atoms with van der Waals surface area (Å²) in [6, 6.07) is 4.10. The Kier molecular flexibility index (Phi) is 4.54. The molecule has 1 aromatic rings. The van der Waals surface area contributed by atoms with E-state index in [1.807, 2.05) is 6.07 Å². The molecule has 1 aromatic carbocycles. The molecule has 116 valence electrons. The summed E-state index contributed by atoms with van der Waals surface area (Å²) in [5, 5.41) is 14.1. The van der Waals surface area contributed by atoms with Gasteiger partial charge in [0.05, 0.1) is 7.11 Å². The molecule has 0 amide bonds. The molecule has 0 unspecified atom stereocenters.